The summed E-state index contributed by atoms with van der Waals surface area (Å²) < 4.78 is 6.59. The highest BCUT2D eigenvalue weighted by atomic mass is 79.9. The molecule has 3 rings (SSSR count). The molecule has 1 atom stereocenters. The van der Waals surface area contributed by atoms with Crippen LogP contribution in [0.4, 0.5) is 0 Å². The lowest BCUT2D eigenvalue weighted by atomic mass is 9.75. The number of carbonyl (C=O) groups excluding carboxylic acids is 2. The number of benzene rings is 1. The van der Waals surface area contributed by atoms with Crippen LogP contribution in [0.25, 0.3) is 0 Å². The van der Waals surface area contributed by atoms with Crippen molar-refractivity contribution in [1.29, 1.82) is 0 Å². The van der Waals surface area contributed by atoms with Gasteiger partial charge >= 0.3 is 5.91 Å². The van der Waals surface area contributed by atoms with Crippen molar-refractivity contribution < 1.29 is 19.1 Å². The van der Waals surface area contributed by atoms with Crippen molar-refractivity contribution in [3.8, 4) is 0 Å². The summed E-state index contributed by atoms with van der Waals surface area (Å²) in [6, 6.07) is 6.76. The first-order valence-electron chi connectivity index (χ1n) is 8.34. The van der Waals surface area contributed by atoms with Gasteiger partial charge in [0.15, 0.2) is 5.76 Å². The summed E-state index contributed by atoms with van der Waals surface area (Å²) in [5, 5.41) is 10.4. The molecule has 0 bridgehead atoms. The van der Waals surface area contributed by atoms with Crippen LogP contribution in [0.2, 0.25) is 0 Å². The Kier molecular flexibility index (Phi) is 4.94. The fourth-order valence-corrected chi connectivity index (χ4v) is 3.61. The molecule has 1 heterocycles. The van der Waals surface area contributed by atoms with Crippen LogP contribution in [0.5, 0.6) is 0 Å². The van der Waals surface area contributed by atoms with E-state index in [1.165, 1.54) is 0 Å². The Balaban J connectivity index is 1.73. The number of furan rings is 1. The molecular formula is C19H21BrN2O4. The highest BCUT2D eigenvalue weighted by Gasteiger charge is 2.37. The van der Waals surface area contributed by atoms with Gasteiger partial charge < -0.3 is 9.52 Å². The summed E-state index contributed by atoms with van der Waals surface area (Å²) in [4.78, 5) is 24.5. The molecule has 0 spiro atoms. The molecule has 2 amide bonds. The number of hydrogen-bond acceptors (Lipinski definition) is 4. The number of rotatable bonds is 2. The molecule has 0 saturated carbocycles. The number of aliphatic hydroxyl groups is 1. The fourth-order valence-electron chi connectivity index (χ4n) is 3.35. The van der Waals surface area contributed by atoms with Crippen molar-refractivity contribution in [2.75, 3.05) is 0 Å². The number of nitrogens with one attached hydrogen (secondary N) is 2. The number of aliphatic hydroxyl groups excluding tert-OH is 1. The van der Waals surface area contributed by atoms with Gasteiger partial charge in [0.2, 0.25) is 0 Å². The Labute approximate surface area is 160 Å². The van der Waals surface area contributed by atoms with Crippen molar-refractivity contribution >= 4 is 27.7 Å². The molecular weight excluding hydrogens is 400 g/mol. The summed E-state index contributed by atoms with van der Waals surface area (Å²) in [5.41, 5.74) is 6.37. The fraction of sp³-hybridized carbons (Fsp3) is 0.368. The summed E-state index contributed by atoms with van der Waals surface area (Å²) >= 11 is 3.30. The molecule has 0 saturated heterocycles. The van der Waals surface area contributed by atoms with Gasteiger partial charge in [-0.25, -0.2) is 0 Å². The van der Waals surface area contributed by atoms with E-state index in [-0.39, 0.29) is 11.2 Å². The Bertz CT molecular complexity index is 855. The second-order valence-electron chi connectivity index (χ2n) is 7.37. The maximum Gasteiger partial charge on any atom is 0.305 e. The minimum atomic E-state index is -0.656. The van der Waals surface area contributed by atoms with E-state index in [0.29, 0.717) is 35.3 Å². The molecule has 1 unspecified atom stereocenters. The summed E-state index contributed by atoms with van der Waals surface area (Å²) in [5.74, 6) is -0.230. The summed E-state index contributed by atoms with van der Waals surface area (Å²) in [6.45, 7) is 5.85. The number of hydrogen-bond donors (Lipinski definition) is 3. The molecule has 7 heteroatoms. The van der Waals surface area contributed by atoms with E-state index in [1.54, 1.807) is 31.2 Å². The van der Waals surface area contributed by atoms with Crippen molar-refractivity contribution in [3.05, 3.63) is 56.9 Å². The molecule has 0 fully saturated rings. The molecule has 2 aromatic rings. The van der Waals surface area contributed by atoms with E-state index in [2.05, 4.69) is 40.6 Å². The monoisotopic (exact) mass is 420 g/mol. The molecule has 6 nitrogen and oxygen atoms in total. The number of amides is 2. The molecule has 1 aromatic carbocycles. The lowest BCUT2D eigenvalue weighted by molar-refractivity contribution is 0.0822. The van der Waals surface area contributed by atoms with Gasteiger partial charge in [0.1, 0.15) is 5.76 Å². The topological polar surface area (TPSA) is 91.6 Å². The average Bonchev–Trinajstić information content (AvgIpc) is 2.88. The highest BCUT2D eigenvalue weighted by Crippen LogP contribution is 2.43. The van der Waals surface area contributed by atoms with Crippen LogP contribution in [-0.4, -0.2) is 16.9 Å². The van der Waals surface area contributed by atoms with Crippen LogP contribution < -0.4 is 10.9 Å². The second kappa shape index (κ2) is 6.89. The number of fused-ring (bicyclic) bond motifs is 1. The van der Waals surface area contributed by atoms with Gasteiger partial charge in [0.25, 0.3) is 5.91 Å². The Morgan fingerprint density at radius 3 is 2.46 bits per heavy atom. The van der Waals surface area contributed by atoms with E-state index in [4.69, 9.17) is 4.42 Å². The quantitative estimate of drug-likeness (QED) is 0.648. The molecule has 3 N–H and O–H groups in total. The van der Waals surface area contributed by atoms with Gasteiger partial charge in [0.05, 0.1) is 6.10 Å². The third kappa shape index (κ3) is 3.68. The van der Waals surface area contributed by atoms with Crippen LogP contribution in [0.15, 0.2) is 33.2 Å². The van der Waals surface area contributed by atoms with E-state index < -0.39 is 17.9 Å². The van der Waals surface area contributed by atoms with Crippen molar-refractivity contribution in [1.82, 2.24) is 10.9 Å². The van der Waals surface area contributed by atoms with Crippen LogP contribution >= 0.6 is 15.9 Å². The third-order valence-corrected chi connectivity index (χ3v) is 5.12. The van der Waals surface area contributed by atoms with Crippen molar-refractivity contribution in [3.63, 3.8) is 0 Å². The lowest BCUT2D eigenvalue weighted by Crippen LogP contribution is -2.41. The maximum absolute atomic E-state index is 12.4. The largest absolute Gasteiger partial charge is 0.455 e. The first-order valence-corrected chi connectivity index (χ1v) is 9.14. The van der Waals surface area contributed by atoms with Gasteiger partial charge in [-0.2, -0.15) is 0 Å². The highest BCUT2D eigenvalue weighted by molar-refractivity contribution is 9.10. The maximum atomic E-state index is 12.4. The Hall–Kier alpha value is -2.12. The zero-order valence-corrected chi connectivity index (χ0v) is 16.4. The minimum absolute atomic E-state index is 0.0970. The lowest BCUT2D eigenvalue weighted by Gasteiger charge is -2.31. The molecule has 0 radical (unpaired) electrons. The molecule has 1 aromatic heterocycles. The van der Waals surface area contributed by atoms with Crippen LogP contribution in [0, 0.1) is 12.3 Å². The Morgan fingerprint density at radius 1 is 1.19 bits per heavy atom. The molecule has 0 aliphatic heterocycles. The predicted octanol–water partition coefficient (Wildman–Crippen LogP) is 3.43. The van der Waals surface area contributed by atoms with Crippen LogP contribution in [-0.2, 0) is 6.42 Å². The van der Waals surface area contributed by atoms with Gasteiger partial charge in [-0.05, 0) is 43.0 Å². The third-order valence-electron chi connectivity index (χ3n) is 4.59. The van der Waals surface area contributed by atoms with Gasteiger partial charge in [-0.15, -0.1) is 0 Å². The van der Waals surface area contributed by atoms with Crippen LogP contribution in [0.3, 0.4) is 0 Å². The van der Waals surface area contributed by atoms with Gasteiger partial charge in [-0.1, -0.05) is 29.8 Å². The van der Waals surface area contributed by atoms with Gasteiger partial charge in [-0.3, -0.25) is 20.4 Å². The summed E-state index contributed by atoms with van der Waals surface area (Å²) in [6.07, 6.45) is 0.608. The number of hydrazine groups is 1. The number of carbonyl (C=O) groups is 2. The van der Waals surface area contributed by atoms with E-state index in [9.17, 15) is 14.7 Å². The molecule has 1 aliphatic carbocycles. The van der Waals surface area contributed by atoms with E-state index in [1.807, 2.05) is 0 Å². The second-order valence-corrected chi connectivity index (χ2v) is 8.28. The number of halogens is 1. The smallest absolute Gasteiger partial charge is 0.305 e. The zero-order chi connectivity index (χ0) is 19.1. The Morgan fingerprint density at radius 2 is 1.81 bits per heavy atom. The van der Waals surface area contributed by atoms with E-state index >= 15 is 0 Å². The first-order chi connectivity index (χ1) is 12.2. The first kappa shape index (κ1) is 18.7. The minimum Gasteiger partial charge on any atom is -0.455 e. The van der Waals surface area contributed by atoms with Crippen molar-refractivity contribution in [2.45, 2.75) is 39.7 Å². The SMILES string of the molecule is Cc1c(C(=O)NNC(=O)c2ccc(Br)cc2)oc2c1C(O)CC(C)(C)C2. The van der Waals surface area contributed by atoms with Crippen molar-refractivity contribution in [2.24, 2.45) is 5.41 Å². The normalized spacial score (nSPS) is 18.1. The zero-order valence-electron chi connectivity index (χ0n) is 14.9. The van der Waals surface area contributed by atoms with Crippen LogP contribution in [0.1, 0.15) is 64.2 Å². The van der Waals surface area contributed by atoms with E-state index in [0.717, 1.165) is 4.47 Å². The average molecular weight is 421 g/mol. The molecule has 26 heavy (non-hydrogen) atoms. The standard InChI is InChI=1S/C19H21BrN2O4/c1-10-15-13(23)8-19(2,3)9-14(15)26-16(10)18(25)22-21-17(24)11-4-6-12(20)7-5-11/h4-7,13,23H,8-9H2,1-3H3,(H,21,24)(H,22,25). The summed E-state index contributed by atoms with van der Waals surface area (Å²) in [7, 11) is 0. The predicted molar refractivity (Wildman–Crippen MR) is 99.6 cm³/mol. The molecule has 1 aliphatic rings. The van der Waals surface area contributed by atoms with Gasteiger partial charge in [0, 0.05) is 27.6 Å². The molecule has 138 valence electrons.